The maximum Gasteiger partial charge on any atom is 0.127 e. The summed E-state index contributed by atoms with van der Waals surface area (Å²) in [7, 11) is 0. The minimum Gasteiger partial charge on any atom is -0.385 e. The lowest BCUT2D eigenvalue weighted by Crippen LogP contribution is -3.28. The average Bonchev–Trinajstić information content (AvgIpc) is 2.68. The first-order chi connectivity index (χ1) is 13.5. The van der Waals surface area contributed by atoms with E-state index in [4.69, 9.17) is 4.74 Å². The Kier molecular flexibility index (Phi) is 8.34. The van der Waals surface area contributed by atoms with E-state index in [0.717, 1.165) is 38.5 Å². The number of nitrogens with one attached hydrogen (secondary N) is 2. The lowest BCUT2D eigenvalue weighted by molar-refractivity contribution is -1.02. The zero-order valence-electron chi connectivity index (χ0n) is 18.2. The van der Waals surface area contributed by atoms with E-state index >= 15 is 0 Å². The highest BCUT2D eigenvalue weighted by Gasteiger charge is 2.32. The molecule has 0 aromatic heterocycles. The summed E-state index contributed by atoms with van der Waals surface area (Å²) >= 11 is 0. The van der Waals surface area contributed by atoms with Crippen molar-refractivity contribution in [2.45, 2.75) is 58.8 Å². The molecule has 1 aromatic carbocycles. The predicted octanol–water partition coefficient (Wildman–Crippen LogP) is 0.808. The van der Waals surface area contributed by atoms with E-state index in [1.54, 1.807) is 4.90 Å². The quantitative estimate of drug-likeness (QED) is 0.615. The van der Waals surface area contributed by atoms with Crippen LogP contribution in [0.3, 0.4) is 0 Å². The van der Waals surface area contributed by atoms with Crippen LogP contribution >= 0.6 is 0 Å². The Bertz CT molecular complexity index is 557. The van der Waals surface area contributed by atoms with Crippen LogP contribution in [0.1, 0.15) is 45.6 Å². The Morgan fingerprint density at radius 2 is 1.71 bits per heavy atom. The van der Waals surface area contributed by atoms with Crippen LogP contribution in [0.4, 0.5) is 0 Å². The van der Waals surface area contributed by atoms with Crippen LogP contribution in [0, 0.1) is 17.8 Å². The molecule has 3 rings (SSSR count). The maximum absolute atomic E-state index is 10.6. The standard InChI is InChI=1S/C24H40N2O2/c1-19(2)23-10-9-20(3)15-24(23)28-18-22(27)17-26-13-11-25(12-14-26)16-21-7-5-4-6-8-21/h4-8,19-20,22-24,27H,9-18H2,1-3H3/p+2/t20-,22-,23+,24-/m1/s1. The molecule has 1 aromatic rings. The normalized spacial score (nSPS) is 32.4. The van der Waals surface area contributed by atoms with Crippen LogP contribution in [-0.4, -0.2) is 56.6 Å². The highest BCUT2D eigenvalue weighted by atomic mass is 16.5. The van der Waals surface area contributed by atoms with Crippen molar-refractivity contribution in [3.63, 3.8) is 0 Å². The number of hydrogen-bond donors (Lipinski definition) is 3. The van der Waals surface area contributed by atoms with Crippen LogP contribution in [0.15, 0.2) is 30.3 Å². The van der Waals surface area contributed by atoms with Gasteiger partial charge in [-0.25, -0.2) is 0 Å². The molecule has 158 valence electrons. The first-order valence-corrected chi connectivity index (χ1v) is 11.5. The highest BCUT2D eigenvalue weighted by molar-refractivity contribution is 5.13. The molecule has 0 unspecified atom stereocenters. The van der Waals surface area contributed by atoms with Gasteiger partial charge >= 0.3 is 0 Å². The van der Waals surface area contributed by atoms with Crippen LogP contribution in [0.5, 0.6) is 0 Å². The van der Waals surface area contributed by atoms with Gasteiger partial charge in [-0.3, -0.25) is 0 Å². The fraction of sp³-hybridized carbons (Fsp3) is 0.750. The van der Waals surface area contributed by atoms with Crippen molar-refractivity contribution in [3.05, 3.63) is 35.9 Å². The van der Waals surface area contributed by atoms with E-state index in [-0.39, 0.29) is 6.10 Å². The van der Waals surface area contributed by atoms with Crippen molar-refractivity contribution in [1.82, 2.24) is 0 Å². The highest BCUT2D eigenvalue weighted by Crippen LogP contribution is 2.35. The van der Waals surface area contributed by atoms with Gasteiger partial charge < -0.3 is 19.6 Å². The molecule has 1 saturated carbocycles. The van der Waals surface area contributed by atoms with E-state index in [2.05, 4.69) is 51.1 Å². The Hall–Kier alpha value is -0.940. The zero-order valence-corrected chi connectivity index (χ0v) is 18.2. The van der Waals surface area contributed by atoms with Crippen LogP contribution in [0.2, 0.25) is 0 Å². The molecule has 4 nitrogen and oxygen atoms in total. The predicted molar refractivity (Wildman–Crippen MR) is 113 cm³/mol. The number of piperazine rings is 1. The van der Waals surface area contributed by atoms with Gasteiger partial charge in [0.1, 0.15) is 45.4 Å². The Labute approximate surface area is 171 Å². The number of ether oxygens (including phenoxy) is 1. The molecular weight excluding hydrogens is 348 g/mol. The third kappa shape index (κ3) is 6.55. The van der Waals surface area contributed by atoms with E-state index in [0.29, 0.717) is 24.5 Å². The van der Waals surface area contributed by atoms with Crippen molar-refractivity contribution in [2.75, 3.05) is 39.3 Å². The van der Waals surface area contributed by atoms with E-state index < -0.39 is 0 Å². The molecule has 1 aliphatic carbocycles. The summed E-state index contributed by atoms with van der Waals surface area (Å²) in [6, 6.07) is 10.8. The largest absolute Gasteiger partial charge is 0.385 e. The van der Waals surface area contributed by atoms with Gasteiger partial charge in [0.15, 0.2) is 0 Å². The van der Waals surface area contributed by atoms with Crippen LogP contribution in [-0.2, 0) is 11.3 Å². The molecule has 2 aliphatic rings. The molecule has 1 heterocycles. The smallest absolute Gasteiger partial charge is 0.127 e. The van der Waals surface area contributed by atoms with E-state index in [9.17, 15) is 5.11 Å². The molecule has 1 saturated heterocycles. The van der Waals surface area contributed by atoms with Gasteiger partial charge in [0, 0.05) is 5.56 Å². The minimum atomic E-state index is -0.337. The van der Waals surface area contributed by atoms with Gasteiger partial charge in [0.2, 0.25) is 0 Å². The summed E-state index contributed by atoms with van der Waals surface area (Å²) in [5.41, 5.74) is 1.43. The summed E-state index contributed by atoms with van der Waals surface area (Å²) in [5.74, 6) is 2.07. The molecule has 28 heavy (non-hydrogen) atoms. The number of rotatable bonds is 8. The van der Waals surface area contributed by atoms with Crippen molar-refractivity contribution in [2.24, 2.45) is 17.8 Å². The number of quaternary nitrogens is 2. The summed E-state index contributed by atoms with van der Waals surface area (Å²) < 4.78 is 6.26. The summed E-state index contributed by atoms with van der Waals surface area (Å²) in [6.45, 7) is 14.1. The lowest BCUT2D eigenvalue weighted by atomic mass is 9.75. The molecule has 4 atom stereocenters. The van der Waals surface area contributed by atoms with Crippen molar-refractivity contribution in [3.8, 4) is 0 Å². The van der Waals surface area contributed by atoms with Gasteiger partial charge in [-0.15, -0.1) is 0 Å². The number of hydrogen-bond acceptors (Lipinski definition) is 2. The fourth-order valence-corrected chi connectivity index (χ4v) is 5.16. The van der Waals surface area contributed by atoms with Gasteiger partial charge in [-0.05, 0) is 30.6 Å². The molecule has 0 amide bonds. The molecular formula is C24H42N2O2+2. The third-order valence-electron chi connectivity index (χ3n) is 6.95. The molecule has 1 aliphatic heterocycles. The molecule has 2 fully saturated rings. The van der Waals surface area contributed by atoms with Crippen molar-refractivity contribution < 1.29 is 19.6 Å². The monoisotopic (exact) mass is 390 g/mol. The number of aliphatic hydroxyl groups excluding tert-OH is 1. The van der Waals surface area contributed by atoms with Crippen molar-refractivity contribution >= 4 is 0 Å². The maximum atomic E-state index is 10.6. The lowest BCUT2D eigenvalue weighted by Gasteiger charge is -2.37. The van der Waals surface area contributed by atoms with Crippen LogP contribution < -0.4 is 9.80 Å². The number of benzene rings is 1. The molecule has 0 radical (unpaired) electrons. The third-order valence-corrected chi connectivity index (χ3v) is 6.95. The van der Waals surface area contributed by atoms with E-state index in [1.807, 2.05) is 0 Å². The first kappa shape index (κ1) is 21.8. The second-order valence-corrected chi connectivity index (χ2v) is 9.72. The van der Waals surface area contributed by atoms with Crippen LogP contribution in [0.25, 0.3) is 0 Å². The fourth-order valence-electron chi connectivity index (χ4n) is 5.16. The average molecular weight is 391 g/mol. The SMILES string of the molecule is CC(C)[C@@H]1CC[C@@H](C)C[C@H]1OC[C@H](O)C[NH+]1CC[NH+](Cc2ccccc2)CC1. The molecule has 4 heteroatoms. The molecule has 0 spiro atoms. The molecule has 0 bridgehead atoms. The first-order valence-electron chi connectivity index (χ1n) is 11.5. The van der Waals surface area contributed by atoms with E-state index in [1.165, 1.54) is 36.4 Å². The van der Waals surface area contributed by atoms with Gasteiger partial charge in [0.25, 0.3) is 0 Å². The summed E-state index contributed by atoms with van der Waals surface area (Å²) in [5, 5.41) is 10.6. The second kappa shape index (κ2) is 10.7. The van der Waals surface area contributed by atoms with Gasteiger partial charge in [0.05, 0.1) is 12.7 Å². The minimum absolute atomic E-state index is 0.334. The Morgan fingerprint density at radius 1 is 1.04 bits per heavy atom. The number of aliphatic hydroxyl groups is 1. The van der Waals surface area contributed by atoms with Crippen molar-refractivity contribution in [1.29, 1.82) is 0 Å². The topological polar surface area (TPSA) is 38.3 Å². The summed E-state index contributed by atoms with van der Waals surface area (Å²) in [4.78, 5) is 3.20. The zero-order chi connectivity index (χ0) is 19.9. The second-order valence-electron chi connectivity index (χ2n) is 9.72. The summed E-state index contributed by atoms with van der Waals surface area (Å²) in [6.07, 6.45) is 3.75. The van der Waals surface area contributed by atoms with Gasteiger partial charge in [-0.2, -0.15) is 0 Å². The Balaban J connectivity index is 1.36. The molecule has 3 N–H and O–H groups in total. The Morgan fingerprint density at radius 3 is 2.39 bits per heavy atom. The van der Waals surface area contributed by atoms with Gasteiger partial charge in [-0.1, -0.05) is 57.5 Å².